The lowest BCUT2D eigenvalue weighted by Gasteiger charge is -2.24. The van der Waals surface area contributed by atoms with Gasteiger partial charge in [-0.25, -0.2) is 0 Å². The van der Waals surface area contributed by atoms with E-state index in [1.54, 1.807) is 0 Å². The van der Waals surface area contributed by atoms with Gasteiger partial charge in [0.1, 0.15) is 0 Å². The summed E-state index contributed by atoms with van der Waals surface area (Å²) < 4.78 is 0. The second-order valence-corrected chi connectivity index (χ2v) is 4.37. The van der Waals surface area contributed by atoms with Crippen molar-refractivity contribution in [2.24, 2.45) is 5.92 Å². The minimum Gasteiger partial charge on any atom is -0.320 e. The lowest BCUT2D eigenvalue weighted by Crippen LogP contribution is -2.31. The van der Waals surface area contributed by atoms with Gasteiger partial charge in [-0.05, 0) is 65.7 Å². The van der Waals surface area contributed by atoms with Crippen molar-refractivity contribution in [3.8, 4) is 0 Å². The van der Waals surface area contributed by atoms with Gasteiger partial charge in [-0.15, -0.1) is 0 Å². The van der Waals surface area contributed by atoms with Gasteiger partial charge in [-0.1, -0.05) is 0 Å². The van der Waals surface area contributed by atoms with Gasteiger partial charge >= 0.3 is 0 Å². The monoisotopic (exact) mass is 184 g/mol. The number of hydrogen-bond acceptors (Lipinski definition) is 2. The predicted molar refractivity (Wildman–Crippen MR) is 58.0 cm³/mol. The molecule has 0 spiro atoms. The van der Waals surface area contributed by atoms with Crippen LogP contribution < -0.4 is 5.32 Å². The molecular weight excluding hydrogens is 160 g/mol. The summed E-state index contributed by atoms with van der Waals surface area (Å²) in [5, 5.41) is 3.19. The summed E-state index contributed by atoms with van der Waals surface area (Å²) in [7, 11) is 4.29. The largest absolute Gasteiger partial charge is 0.320 e. The molecule has 0 aromatic carbocycles. The maximum absolute atomic E-state index is 3.19. The molecule has 1 aliphatic rings. The maximum atomic E-state index is 3.19. The van der Waals surface area contributed by atoms with Gasteiger partial charge in [0.25, 0.3) is 0 Å². The number of unbranched alkanes of at least 4 members (excludes halogenated alkanes) is 1. The highest BCUT2D eigenvalue weighted by atomic mass is 15.1. The Labute approximate surface area is 82.7 Å². The average Bonchev–Trinajstić information content (AvgIpc) is 2.94. The Balaban J connectivity index is 1.99. The Bertz CT molecular complexity index is 132. The Morgan fingerprint density at radius 2 is 2.08 bits per heavy atom. The zero-order chi connectivity index (χ0) is 9.68. The summed E-state index contributed by atoms with van der Waals surface area (Å²) in [6.45, 7) is 4.79. The van der Waals surface area contributed by atoms with Crippen LogP contribution >= 0.6 is 0 Å². The van der Waals surface area contributed by atoms with E-state index in [0.717, 1.165) is 18.5 Å². The minimum absolute atomic E-state index is 0.814. The van der Waals surface area contributed by atoms with E-state index < -0.39 is 0 Å². The summed E-state index contributed by atoms with van der Waals surface area (Å²) in [6, 6.07) is 0.814. The summed E-state index contributed by atoms with van der Waals surface area (Å²) >= 11 is 0. The van der Waals surface area contributed by atoms with E-state index in [-0.39, 0.29) is 0 Å². The highest BCUT2D eigenvalue weighted by molar-refractivity contribution is 4.83. The molecule has 0 aromatic rings. The molecule has 78 valence electrons. The third kappa shape index (κ3) is 4.10. The van der Waals surface area contributed by atoms with Crippen LogP contribution in [0.4, 0.5) is 0 Å². The standard InChI is InChI=1S/C11H24N2/c1-10(11-6-7-11)13(3)9-5-4-8-12-2/h10-12H,4-9H2,1-3H3. The van der Waals surface area contributed by atoms with Crippen LogP contribution in [0.5, 0.6) is 0 Å². The van der Waals surface area contributed by atoms with Crippen molar-refractivity contribution in [2.75, 3.05) is 27.2 Å². The minimum atomic E-state index is 0.814. The fourth-order valence-electron chi connectivity index (χ4n) is 1.81. The Hall–Kier alpha value is -0.0800. The van der Waals surface area contributed by atoms with Crippen molar-refractivity contribution in [3.63, 3.8) is 0 Å². The summed E-state index contributed by atoms with van der Waals surface area (Å²) in [5.41, 5.74) is 0. The average molecular weight is 184 g/mol. The highest BCUT2D eigenvalue weighted by Gasteiger charge is 2.29. The topological polar surface area (TPSA) is 15.3 Å². The van der Waals surface area contributed by atoms with Crippen LogP contribution in [0.15, 0.2) is 0 Å². The molecule has 13 heavy (non-hydrogen) atoms. The van der Waals surface area contributed by atoms with E-state index in [1.807, 2.05) is 7.05 Å². The van der Waals surface area contributed by atoms with Gasteiger partial charge in [0.05, 0.1) is 0 Å². The summed E-state index contributed by atoms with van der Waals surface area (Å²) in [5.74, 6) is 1.01. The smallest absolute Gasteiger partial charge is 0.00921 e. The first-order valence-electron chi connectivity index (χ1n) is 5.60. The molecule has 0 aromatic heterocycles. The first kappa shape index (κ1) is 11.0. The predicted octanol–water partition coefficient (Wildman–Crippen LogP) is 1.72. The quantitative estimate of drug-likeness (QED) is 0.606. The maximum Gasteiger partial charge on any atom is 0.00921 e. The molecule has 0 bridgehead atoms. The Morgan fingerprint density at radius 3 is 2.62 bits per heavy atom. The van der Waals surface area contributed by atoms with Gasteiger partial charge in [0, 0.05) is 6.04 Å². The van der Waals surface area contributed by atoms with Gasteiger partial charge in [-0.3, -0.25) is 0 Å². The molecule has 1 rings (SSSR count). The molecule has 0 aliphatic heterocycles. The van der Waals surface area contributed by atoms with Crippen molar-refractivity contribution in [2.45, 2.75) is 38.6 Å². The van der Waals surface area contributed by atoms with Crippen LogP contribution in [0.25, 0.3) is 0 Å². The molecule has 0 amide bonds. The first-order valence-corrected chi connectivity index (χ1v) is 5.60. The number of nitrogens with one attached hydrogen (secondary N) is 1. The van der Waals surface area contributed by atoms with Crippen LogP contribution in [0.3, 0.4) is 0 Å². The molecule has 0 heterocycles. The van der Waals surface area contributed by atoms with Crippen LogP contribution in [0, 0.1) is 5.92 Å². The van der Waals surface area contributed by atoms with E-state index in [1.165, 1.54) is 32.2 Å². The molecule has 1 atom stereocenters. The number of hydrogen-bond donors (Lipinski definition) is 1. The molecular formula is C11H24N2. The Morgan fingerprint density at radius 1 is 1.38 bits per heavy atom. The van der Waals surface area contributed by atoms with E-state index in [0.29, 0.717) is 0 Å². The lowest BCUT2D eigenvalue weighted by molar-refractivity contribution is 0.230. The normalized spacial score (nSPS) is 19.4. The van der Waals surface area contributed by atoms with Crippen LogP contribution in [0.2, 0.25) is 0 Å². The summed E-state index contributed by atoms with van der Waals surface area (Å²) in [6.07, 6.45) is 5.55. The van der Waals surface area contributed by atoms with E-state index in [4.69, 9.17) is 0 Å². The fraction of sp³-hybridized carbons (Fsp3) is 1.00. The molecule has 0 saturated heterocycles. The fourth-order valence-corrected chi connectivity index (χ4v) is 1.81. The molecule has 0 radical (unpaired) electrons. The lowest BCUT2D eigenvalue weighted by atomic mass is 10.2. The van der Waals surface area contributed by atoms with Crippen LogP contribution in [-0.4, -0.2) is 38.1 Å². The van der Waals surface area contributed by atoms with Gasteiger partial charge in [0.15, 0.2) is 0 Å². The van der Waals surface area contributed by atoms with Crippen LogP contribution in [-0.2, 0) is 0 Å². The molecule has 1 unspecified atom stereocenters. The second-order valence-electron chi connectivity index (χ2n) is 4.37. The van der Waals surface area contributed by atoms with Crippen molar-refractivity contribution in [1.82, 2.24) is 10.2 Å². The van der Waals surface area contributed by atoms with Crippen molar-refractivity contribution in [1.29, 1.82) is 0 Å². The molecule has 1 fully saturated rings. The van der Waals surface area contributed by atoms with Crippen molar-refractivity contribution in [3.05, 3.63) is 0 Å². The Kier molecular flexibility index (Phi) is 4.74. The molecule has 2 nitrogen and oxygen atoms in total. The molecule has 1 aliphatic carbocycles. The molecule has 2 heteroatoms. The van der Waals surface area contributed by atoms with Crippen LogP contribution in [0.1, 0.15) is 32.6 Å². The third-order valence-corrected chi connectivity index (χ3v) is 3.19. The van der Waals surface area contributed by atoms with E-state index in [9.17, 15) is 0 Å². The zero-order valence-electron chi connectivity index (χ0n) is 9.34. The third-order valence-electron chi connectivity index (χ3n) is 3.19. The molecule has 1 saturated carbocycles. The highest BCUT2D eigenvalue weighted by Crippen LogP contribution is 2.34. The van der Waals surface area contributed by atoms with Gasteiger partial charge in [-0.2, -0.15) is 0 Å². The van der Waals surface area contributed by atoms with Gasteiger partial charge < -0.3 is 10.2 Å². The second kappa shape index (κ2) is 5.61. The van der Waals surface area contributed by atoms with Gasteiger partial charge in [0.2, 0.25) is 0 Å². The van der Waals surface area contributed by atoms with E-state index in [2.05, 4.69) is 24.2 Å². The number of rotatable bonds is 7. The number of nitrogens with zero attached hydrogens (tertiary/aromatic N) is 1. The summed E-state index contributed by atoms with van der Waals surface area (Å²) in [4.78, 5) is 2.52. The van der Waals surface area contributed by atoms with Crippen molar-refractivity contribution >= 4 is 0 Å². The molecule has 1 N–H and O–H groups in total. The van der Waals surface area contributed by atoms with Crippen molar-refractivity contribution < 1.29 is 0 Å². The zero-order valence-corrected chi connectivity index (χ0v) is 9.34. The van der Waals surface area contributed by atoms with E-state index >= 15 is 0 Å². The SMILES string of the molecule is CNCCCCN(C)C(C)C1CC1. The first-order chi connectivity index (χ1) is 6.25.